The summed E-state index contributed by atoms with van der Waals surface area (Å²) in [6.45, 7) is 16.1. The molecule has 0 saturated carbocycles. The summed E-state index contributed by atoms with van der Waals surface area (Å²) in [4.78, 5) is 38.5. The number of carbonyl (C=O) groups excluding carboxylic acids is 3. The minimum atomic E-state index is -0.760. The molecular weight excluding hydrogens is 506 g/mol. The molecule has 2 rings (SSSR count). The van der Waals surface area contributed by atoms with Crippen molar-refractivity contribution in [1.82, 2.24) is 0 Å². The van der Waals surface area contributed by atoms with Crippen LogP contribution in [0.15, 0.2) is 42.5 Å². The third-order valence-corrected chi connectivity index (χ3v) is 6.34. The Bertz CT molecular complexity index is 1140. The number of ketones is 1. The first-order valence-electron chi connectivity index (χ1n) is 14.2. The van der Waals surface area contributed by atoms with Crippen LogP contribution in [-0.4, -0.2) is 29.9 Å². The van der Waals surface area contributed by atoms with Crippen molar-refractivity contribution in [2.24, 2.45) is 16.6 Å². The molecule has 7 nitrogen and oxygen atoms in total. The smallest absolute Gasteiger partial charge is 0.315 e. The van der Waals surface area contributed by atoms with Gasteiger partial charge in [-0.25, -0.2) is 0 Å². The van der Waals surface area contributed by atoms with Crippen LogP contribution in [0.5, 0.6) is 17.2 Å². The zero-order valence-corrected chi connectivity index (χ0v) is 25.5. The van der Waals surface area contributed by atoms with E-state index in [0.29, 0.717) is 12.2 Å². The molecule has 0 aliphatic carbocycles. The highest BCUT2D eigenvalue weighted by molar-refractivity contribution is 6.01. The van der Waals surface area contributed by atoms with E-state index in [0.717, 1.165) is 24.8 Å². The lowest BCUT2D eigenvalue weighted by Crippen LogP contribution is -2.42. The summed E-state index contributed by atoms with van der Waals surface area (Å²) in [5.41, 5.74) is 7.01. The summed E-state index contributed by atoms with van der Waals surface area (Å²) in [5, 5.41) is 0. The van der Waals surface area contributed by atoms with Crippen molar-refractivity contribution < 1.29 is 28.6 Å². The average molecular weight is 554 g/mol. The molecule has 0 aliphatic heterocycles. The van der Waals surface area contributed by atoms with Gasteiger partial charge in [0, 0.05) is 12.0 Å². The van der Waals surface area contributed by atoms with Gasteiger partial charge in [0.1, 0.15) is 5.75 Å². The Kier molecular flexibility index (Phi) is 11.9. The van der Waals surface area contributed by atoms with Crippen molar-refractivity contribution in [2.75, 3.05) is 0 Å². The summed E-state index contributed by atoms with van der Waals surface area (Å²) in [6, 6.07) is 10.9. The maximum Gasteiger partial charge on any atom is 0.315 e. The standard InChI is InChI=1S/C33H47NO6/c1-22(2)38-25-16-13-23(14-17-25)20-29(36)40-27-21-24(30(37)31(34)33(6,7)8)15-18-26(27)39-28(35)12-10-9-11-19-32(3,4)5/h13-18,21-22,31H,9-12,19-20,34H2,1-8H3. The minimum Gasteiger partial charge on any atom is -0.491 e. The van der Waals surface area contributed by atoms with Crippen molar-refractivity contribution in [1.29, 1.82) is 0 Å². The second-order valence-corrected chi connectivity index (χ2v) is 12.9. The van der Waals surface area contributed by atoms with Crippen LogP contribution in [0.4, 0.5) is 0 Å². The van der Waals surface area contributed by atoms with Crippen molar-refractivity contribution >= 4 is 17.7 Å². The molecule has 2 aromatic rings. The lowest BCUT2D eigenvalue weighted by molar-refractivity contribution is -0.136. The van der Waals surface area contributed by atoms with E-state index in [9.17, 15) is 14.4 Å². The quantitative estimate of drug-likeness (QED) is 0.122. The summed E-state index contributed by atoms with van der Waals surface area (Å²) in [6.07, 6.45) is 4.03. The maximum atomic E-state index is 13.1. The van der Waals surface area contributed by atoms with Crippen molar-refractivity contribution in [2.45, 2.75) is 106 Å². The molecule has 0 bridgehead atoms. The van der Waals surface area contributed by atoms with Gasteiger partial charge in [0.25, 0.3) is 0 Å². The van der Waals surface area contributed by atoms with Gasteiger partial charge in [0.05, 0.1) is 18.6 Å². The van der Waals surface area contributed by atoms with Crippen LogP contribution in [0, 0.1) is 10.8 Å². The molecule has 0 amide bonds. The number of carbonyl (C=O) groups is 3. The fraction of sp³-hybridized carbons (Fsp3) is 0.545. The molecule has 40 heavy (non-hydrogen) atoms. The Balaban J connectivity index is 2.16. The zero-order valence-electron chi connectivity index (χ0n) is 25.5. The van der Waals surface area contributed by atoms with Crippen LogP contribution in [0.25, 0.3) is 0 Å². The maximum absolute atomic E-state index is 13.1. The third kappa shape index (κ3) is 11.5. The number of rotatable bonds is 13. The molecule has 7 heteroatoms. The molecule has 220 valence electrons. The van der Waals surface area contributed by atoms with E-state index in [1.807, 2.05) is 34.6 Å². The molecule has 0 spiro atoms. The minimum absolute atomic E-state index is 0.0111. The van der Waals surface area contributed by atoms with Gasteiger partial charge < -0.3 is 19.9 Å². The van der Waals surface area contributed by atoms with Crippen molar-refractivity contribution in [3.05, 3.63) is 53.6 Å². The van der Waals surface area contributed by atoms with E-state index in [1.165, 1.54) is 12.1 Å². The van der Waals surface area contributed by atoms with Crippen LogP contribution in [-0.2, 0) is 16.0 Å². The summed E-state index contributed by atoms with van der Waals surface area (Å²) < 4.78 is 16.9. The Morgan fingerprint density at radius 2 is 1.43 bits per heavy atom. The van der Waals surface area contributed by atoms with Gasteiger partial charge in [-0.1, -0.05) is 66.5 Å². The third-order valence-electron chi connectivity index (χ3n) is 6.34. The Morgan fingerprint density at radius 1 is 0.800 bits per heavy atom. The first-order chi connectivity index (χ1) is 18.5. The molecular formula is C33H47NO6. The lowest BCUT2D eigenvalue weighted by atomic mass is 9.83. The monoisotopic (exact) mass is 553 g/mol. The molecule has 0 aromatic heterocycles. The number of nitrogens with two attached hydrogens (primary N) is 1. The molecule has 2 aromatic carbocycles. The molecule has 0 heterocycles. The zero-order chi connectivity index (χ0) is 30.1. The summed E-state index contributed by atoms with van der Waals surface area (Å²) >= 11 is 0. The van der Waals surface area contributed by atoms with Gasteiger partial charge in [0.15, 0.2) is 17.3 Å². The van der Waals surface area contributed by atoms with Crippen LogP contribution in [0.3, 0.4) is 0 Å². The Morgan fingerprint density at radius 3 is 2.00 bits per heavy atom. The van der Waals surface area contributed by atoms with Gasteiger partial charge in [-0.3, -0.25) is 14.4 Å². The summed E-state index contributed by atoms with van der Waals surface area (Å²) in [7, 11) is 0. The second-order valence-electron chi connectivity index (χ2n) is 12.9. The van der Waals surface area contributed by atoms with Crippen molar-refractivity contribution in [3.63, 3.8) is 0 Å². The average Bonchev–Trinajstić information content (AvgIpc) is 2.83. The summed E-state index contributed by atoms with van der Waals surface area (Å²) in [5.74, 6) is -0.447. The Labute approximate surface area is 239 Å². The SMILES string of the molecule is CC(C)Oc1ccc(CC(=O)Oc2cc(C(=O)C(N)C(C)(C)C)ccc2OC(=O)CCCCCC(C)(C)C)cc1. The number of Topliss-reactive ketones (excluding diaryl/α,β-unsaturated/α-hetero) is 1. The number of benzene rings is 2. The van der Waals surface area contributed by atoms with Gasteiger partial charge >= 0.3 is 11.9 Å². The fourth-order valence-electron chi connectivity index (χ4n) is 3.96. The normalized spacial score (nSPS) is 12.7. The predicted octanol–water partition coefficient (Wildman–Crippen LogP) is 7.08. The van der Waals surface area contributed by atoms with E-state index in [4.69, 9.17) is 19.9 Å². The van der Waals surface area contributed by atoms with Crippen LogP contribution in [0.2, 0.25) is 0 Å². The van der Waals surface area contributed by atoms with Crippen LogP contribution >= 0.6 is 0 Å². The highest BCUT2D eigenvalue weighted by Gasteiger charge is 2.29. The molecule has 1 unspecified atom stereocenters. The molecule has 0 radical (unpaired) electrons. The second kappa shape index (κ2) is 14.4. The molecule has 0 aliphatic rings. The van der Waals surface area contributed by atoms with E-state index in [2.05, 4.69) is 20.8 Å². The van der Waals surface area contributed by atoms with Gasteiger partial charge in [0.2, 0.25) is 0 Å². The number of unbranched alkanes of at least 4 members (excludes halogenated alkanes) is 2. The molecule has 1 atom stereocenters. The largest absolute Gasteiger partial charge is 0.491 e. The van der Waals surface area contributed by atoms with Crippen LogP contribution < -0.4 is 19.9 Å². The first kappa shape index (κ1) is 33.0. The van der Waals surface area contributed by atoms with E-state index in [1.54, 1.807) is 30.3 Å². The number of esters is 2. The highest BCUT2D eigenvalue weighted by Crippen LogP contribution is 2.32. The topological polar surface area (TPSA) is 105 Å². The molecule has 2 N–H and O–H groups in total. The van der Waals surface area contributed by atoms with E-state index in [-0.39, 0.29) is 47.2 Å². The van der Waals surface area contributed by atoms with Gasteiger partial charge in [-0.15, -0.1) is 0 Å². The number of hydrogen-bond acceptors (Lipinski definition) is 7. The van der Waals surface area contributed by atoms with E-state index >= 15 is 0 Å². The number of ether oxygens (including phenoxy) is 3. The fourth-order valence-corrected chi connectivity index (χ4v) is 3.96. The van der Waals surface area contributed by atoms with Gasteiger partial charge in [-0.05, 0) is 73.4 Å². The van der Waals surface area contributed by atoms with Gasteiger partial charge in [-0.2, -0.15) is 0 Å². The molecule has 0 saturated heterocycles. The lowest BCUT2D eigenvalue weighted by Gasteiger charge is -2.25. The highest BCUT2D eigenvalue weighted by atomic mass is 16.6. The number of hydrogen-bond donors (Lipinski definition) is 1. The van der Waals surface area contributed by atoms with Crippen molar-refractivity contribution in [3.8, 4) is 17.2 Å². The van der Waals surface area contributed by atoms with Crippen LogP contribution in [0.1, 0.15) is 103 Å². The first-order valence-corrected chi connectivity index (χ1v) is 14.2. The Hall–Kier alpha value is -3.19. The molecule has 0 fully saturated rings. The predicted molar refractivity (Wildman–Crippen MR) is 158 cm³/mol. The van der Waals surface area contributed by atoms with E-state index < -0.39 is 23.4 Å².